The monoisotopic (exact) mass is 281 g/mol. The molecule has 1 aromatic rings. The average Bonchev–Trinajstić information content (AvgIpc) is 2.68. The number of halogens is 3. The zero-order chi connectivity index (χ0) is 8.77. The molecule has 0 aromatic heterocycles. The molecule has 0 atom stereocenters. The van der Waals surface area contributed by atoms with Gasteiger partial charge in [0.15, 0.2) is 0 Å². The lowest BCUT2D eigenvalue weighted by Crippen LogP contribution is -2.18. The molecule has 0 aliphatic heterocycles. The van der Waals surface area contributed by atoms with Crippen LogP contribution in [0, 0.1) is 0 Å². The third-order valence-electron chi connectivity index (χ3n) is 2.26. The summed E-state index contributed by atoms with van der Waals surface area (Å²) in [6.07, 6.45) is 2.10. The van der Waals surface area contributed by atoms with Crippen LogP contribution in [0.15, 0.2) is 22.7 Å². The molecule has 72 valence electrons. The van der Waals surface area contributed by atoms with Gasteiger partial charge < -0.3 is 5.73 Å². The number of hydrogen-bond donors (Lipinski definition) is 1. The van der Waals surface area contributed by atoms with E-state index in [2.05, 4.69) is 15.9 Å². The maximum Gasteiger partial charge on any atom is 0.0467 e. The van der Waals surface area contributed by atoms with Crippen LogP contribution in [0.1, 0.15) is 18.4 Å². The normalized spacial score (nSPS) is 17.8. The van der Waals surface area contributed by atoms with Crippen LogP contribution in [0.3, 0.4) is 0 Å². The zero-order valence-electron chi connectivity index (χ0n) is 6.89. The van der Waals surface area contributed by atoms with Crippen molar-refractivity contribution in [1.29, 1.82) is 0 Å². The quantitative estimate of drug-likeness (QED) is 0.839. The fourth-order valence-corrected chi connectivity index (χ4v) is 2.16. The summed E-state index contributed by atoms with van der Waals surface area (Å²) < 4.78 is 1.00. The van der Waals surface area contributed by atoms with Gasteiger partial charge in [0, 0.05) is 15.0 Å². The minimum absolute atomic E-state index is 0. The molecule has 2 rings (SSSR count). The summed E-state index contributed by atoms with van der Waals surface area (Å²) in [6.45, 7) is 0. The molecular weight excluding hydrogens is 273 g/mol. The van der Waals surface area contributed by atoms with Crippen LogP contribution in [0.5, 0.6) is 0 Å². The molecule has 13 heavy (non-hydrogen) atoms. The Bertz CT molecular complexity index is 323. The number of hydrogen-bond acceptors (Lipinski definition) is 1. The summed E-state index contributed by atoms with van der Waals surface area (Å²) in [5.41, 5.74) is 6.97. The highest BCUT2D eigenvalue weighted by Gasteiger charge is 2.41. The molecule has 1 fully saturated rings. The zero-order valence-corrected chi connectivity index (χ0v) is 10.0. The van der Waals surface area contributed by atoms with Crippen molar-refractivity contribution in [2.75, 3.05) is 0 Å². The van der Waals surface area contributed by atoms with Gasteiger partial charge in [-0.15, -0.1) is 12.4 Å². The van der Waals surface area contributed by atoms with Crippen LogP contribution in [-0.4, -0.2) is 0 Å². The van der Waals surface area contributed by atoms with Gasteiger partial charge in [0.25, 0.3) is 0 Å². The summed E-state index contributed by atoms with van der Waals surface area (Å²) in [6, 6.07) is 5.87. The van der Waals surface area contributed by atoms with E-state index in [4.69, 9.17) is 17.3 Å². The molecule has 2 N–H and O–H groups in total. The van der Waals surface area contributed by atoms with E-state index in [9.17, 15) is 0 Å². The third kappa shape index (κ3) is 2.18. The minimum Gasteiger partial charge on any atom is -0.321 e. The Morgan fingerprint density at radius 1 is 1.38 bits per heavy atom. The number of nitrogens with two attached hydrogens (primary N) is 1. The minimum atomic E-state index is -0.127. The SMILES string of the molecule is Cl.NC1(c2ccc(Br)cc2Cl)CC1. The van der Waals surface area contributed by atoms with Crippen LogP contribution >= 0.6 is 39.9 Å². The van der Waals surface area contributed by atoms with Crippen LogP contribution in [0.4, 0.5) is 0 Å². The highest BCUT2D eigenvalue weighted by molar-refractivity contribution is 9.10. The number of rotatable bonds is 1. The lowest BCUT2D eigenvalue weighted by Gasteiger charge is -2.10. The highest BCUT2D eigenvalue weighted by atomic mass is 79.9. The molecule has 1 aliphatic carbocycles. The molecule has 1 nitrogen and oxygen atoms in total. The van der Waals surface area contributed by atoms with Crippen LogP contribution in [0.2, 0.25) is 5.02 Å². The Morgan fingerprint density at radius 2 is 2.00 bits per heavy atom. The first kappa shape index (κ1) is 11.3. The second kappa shape index (κ2) is 3.77. The smallest absolute Gasteiger partial charge is 0.0467 e. The Morgan fingerprint density at radius 3 is 2.46 bits per heavy atom. The topological polar surface area (TPSA) is 26.0 Å². The van der Waals surface area contributed by atoms with E-state index in [0.717, 1.165) is 27.9 Å². The van der Waals surface area contributed by atoms with Crippen LogP contribution in [0.25, 0.3) is 0 Å². The van der Waals surface area contributed by atoms with Gasteiger partial charge in [-0.2, -0.15) is 0 Å². The fourth-order valence-electron chi connectivity index (χ4n) is 1.30. The number of benzene rings is 1. The van der Waals surface area contributed by atoms with Gasteiger partial charge in [-0.05, 0) is 30.5 Å². The van der Waals surface area contributed by atoms with Crippen molar-refractivity contribution in [1.82, 2.24) is 0 Å². The van der Waals surface area contributed by atoms with Gasteiger partial charge in [0.05, 0.1) is 0 Å². The first-order chi connectivity index (χ1) is 5.62. The van der Waals surface area contributed by atoms with E-state index < -0.39 is 0 Å². The fraction of sp³-hybridized carbons (Fsp3) is 0.333. The van der Waals surface area contributed by atoms with Gasteiger partial charge >= 0.3 is 0 Å². The molecule has 0 unspecified atom stereocenters. The standard InChI is InChI=1S/C9H9BrClN.ClH/c10-6-1-2-7(8(11)5-6)9(12)3-4-9;/h1-2,5H,3-4,12H2;1H. The van der Waals surface area contributed by atoms with Crippen LogP contribution in [-0.2, 0) is 5.54 Å². The summed E-state index contributed by atoms with van der Waals surface area (Å²) in [5, 5.41) is 0.768. The van der Waals surface area contributed by atoms with Crippen LogP contribution < -0.4 is 5.73 Å². The van der Waals surface area contributed by atoms with E-state index in [1.54, 1.807) is 0 Å². The van der Waals surface area contributed by atoms with E-state index in [1.807, 2.05) is 18.2 Å². The highest BCUT2D eigenvalue weighted by Crippen LogP contribution is 2.45. The lowest BCUT2D eigenvalue weighted by atomic mass is 10.1. The molecule has 0 bridgehead atoms. The summed E-state index contributed by atoms with van der Waals surface area (Å²) in [7, 11) is 0. The molecular formula is C9H10BrCl2N. The molecule has 0 amide bonds. The first-order valence-electron chi connectivity index (χ1n) is 3.86. The first-order valence-corrected chi connectivity index (χ1v) is 5.03. The molecule has 0 heterocycles. The summed E-state index contributed by atoms with van der Waals surface area (Å²) in [4.78, 5) is 0. The Hall–Kier alpha value is 0.240. The van der Waals surface area contributed by atoms with E-state index in [0.29, 0.717) is 0 Å². The predicted molar refractivity (Wildman–Crippen MR) is 61.5 cm³/mol. The predicted octanol–water partition coefficient (Wildman–Crippen LogP) is 3.47. The van der Waals surface area contributed by atoms with Crippen molar-refractivity contribution in [2.24, 2.45) is 5.73 Å². The molecule has 1 aromatic carbocycles. The van der Waals surface area contributed by atoms with Crippen molar-refractivity contribution in [3.63, 3.8) is 0 Å². The summed E-state index contributed by atoms with van der Waals surface area (Å²) in [5.74, 6) is 0. The summed E-state index contributed by atoms with van der Waals surface area (Å²) >= 11 is 9.40. The van der Waals surface area contributed by atoms with Crippen molar-refractivity contribution in [2.45, 2.75) is 18.4 Å². The molecule has 1 aliphatic rings. The second-order valence-corrected chi connectivity index (χ2v) is 4.60. The van der Waals surface area contributed by atoms with E-state index >= 15 is 0 Å². The van der Waals surface area contributed by atoms with E-state index in [-0.39, 0.29) is 17.9 Å². The van der Waals surface area contributed by atoms with E-state index in [1.165, 1.54) is 0 Å². The van der Waals surface area contributed by atoms with Gasteiger partial charge in [-0.1, -0.05) is 33.6 Å². The Balaban J connectivity index is 0.000000845. The third-order valence-corrected chi connectivity index (χ3v) is 3.06. The van der Waals surface area contributed by atoms with Crippen molar-refractivity contribution < 1.29 is 0 Å². The second-order valence-electron chi connectivity index (χ2n) is 3.28. The van der Waals surface area contributed by atoms with Gasteiger partial charge in [-0.3, -0.25) is 0 Å². The van der Waals surface area contributed by atoms with Gasteiger partial charge in [0.2, 0.25) is 0 Å². The maximum absolute atomic E-state index is 6.04. The van der Waals surface area contributed by atoms with Gasteiger partial charge in [-0.25, -0.2) is 0 Å². The van der Waals surface area contributed by atoms with Crippen molar-refractivity contribution >= 4 is 39.9 Å². The molecule has 0 saturated heterocycles. The lowest BCUT2D eigenvalue weighted by molar-refractivity contribution is 0.740. The largest absolute Gasteiger partial charge is 0.321 e. The van der Waals surface area contributed by atoms with Crippen molar-refractivity contribution in [3.8, 4) is 0 Å². The van der Waals surface area contributed by atoms with Gasteiger partial charge in [0.1, 0.15) is 0 Å². The maximum atomic E-state index is 6.04. The van der Waals surface area contributed by atoms with Crippen molar-refractivity contribution in [3.05, 3.63) is 33.3 Å². The molecule has 0 spiro atoms. The molecule has 4 heteroatoms. The Kier molecular flexibility index (Phi) is 3.29. The molecule has 1 saturated carbocycles. The average molecular weight is 283 g/mol. The Labute approximate surface area is 97.2 Å². The molecule has 0 radical (unpaired) electrons.